The molecule has 0 spiro atoms. The lowest BCUT2D eigenvalue weighted by molar-refractivity contribution is -0.149. The smallest absolute Gasteiger partial charge is 0.225 e. The average molecular weight is 168 g/mol. The fraction of sp³-hybridized carbons (Fsp3) is 0.889. The van der Waals surface area contributed by atoms with E-state index in [1.807, 2.05) is 11.8 Å². The number of piperidine rings is 2. The Hall–Kier alpha value is -0.570. The van der Waals surface area contributed by atoms with E-state index in [-0.39, 0.29) is 6.04 Å². The van der Waals surface area contributed by atoms with Crippen molar-refractivity contribution in [2.24, 2.45) is 17.6 Å². The normalized spacial score (nSPS) is 36.2. The molecule has 1 saturated carbocycles. The fourth-order valence-electron chi connectivity index (χ4n) is 2.26. The largest absolute Gasteiger partial charge is 0.341 e. The highest BCUT2D eigenvalue weighted by Gasteiger charge is 2.43. The molecule has 3 nitrogen and oxygen atoms in total. The minimum atomic E-state index is 0.117. The van der Waals surface area contributed by atoms with Gasteiger partial charge in [-0.25, -0.2) is 0 Å². The minimum Gasteiger partial charge on any atom is -0.341 e. The van der Waals surface area contributed by atoms with E-state index in [2.05, 4.69) is 0 Å². The third-order valence-corrected chi connectivity index (χ3v) is 2.88. The van der Waals surface area contributed by atoms with Gasteiger partial charge in [-0.15, -0.1) is 0 Å². The van der Waals surface area contributed by atoms with Crippen LogP contribution in [-0.2, 0) is 4.79 Å². The number of carbonyl (C=O) groups excluding carboxylic acids is 1. The van der Waals surface area contributed by atoms with Crippen LogP contribution in [0.15, 0.2) is 0 Å². The van der Waals surface area contributed by atoms with Gasteiger partial charge in [-0.05, 0) is 25.7 Å². The molecular formula is C9H16N2O. The van der Waals surface area contributed by atoms with Gasteiger partial charge in [-0.3, -0.25) is 4.79 Å². The molecule has 0 aromatic heterocycles. The van der Waals surface area contributed by atoms with Gasteiger partial charge in [0.25, 0.3) is 0 Å². The Morgan fingerprint density at radius 1 is 1.67 bits per heavy atom. The van der Waals surface area contributed by atoms with Crippen LogP contribution in [-0.4, -0.2) is 29.9 Å². The van der Waals surface area contributed by atoms with Crippen LogP contribution in [0.25, 0.3) is 0 Å². The lowest BCUT2D eigenvalue weighted by Gasteiger charge is -2.46. The fourth-order valence-corrected chi connectivity index (χ4v) is 2.26. The third-order valence-electron chi connectivity index (χ3n) is 2.88. The summed E-state index contributed by atoms with van der Waals surface area (Å²) in [5.41, 5.74) is 5.65. The lowest BCUT2D eigenvalue weighted by Crippen LogP contribution is -2.55. The van der Waals surface area contributed by atoms with Gasteiger partial charge in [0.2, 0.25) is 5.91 Å². The topological polar surface area (TPSA) is 46.3 Å². The molecule has 3 rings (SSSR count). The highest BCUT2D eigenvalue weighted by Crippen LogP contribution is 2.40. The first kappa shape index (κ1) is 8.05. The second-order valence-corrected chi connectivity index (χ2v) is 4.25. The van der Waals surface area contributed by atoms with Gasteiger partial charge in [-0.2, -0.15) is 0 Å². The van der Waals surface area contributed by atoms with Crippen molar-refractivity contribution < 1.29 is 4.79 Å². The van der Waals surface area contributed by atoms with E-state index in [0.29, 0.717) is 11.8 Å². The third kappa shape index (κ3) is 1.22. The Kier molecular flexibility index (Phi) is 1.83. The van der Waals surface area contributed by atoms with Gasteiger partial charge in [0, 0.05) is 25.0 Å². The Morgan fingerprint density at radius 2 is 2.33 bits per heavy atom. The number of carbonyl (C=O) groups is 1. The first-order valence-corrected chi connectivity index (χ1v) is 4.71. The molecule has 2 bridgehead atoms. The van der Waals surface area contributed by atoms with E-state index >= 15 is 0 Å². The SMILES string of the molecule is CC(N)CN1CC2CC(C2)C1=O. The molecule has 2 aliphatic heterocycles. The molecule has 1 amide bonds. The van der Waals surface area contributed by atoms with Crippen molar-refractivity contribution in [3.63, 3.8) is 0 Å². The highest BCUT2D eigenvalue weighted by atomic mass is 16.2. The zero-order valence-corrected chi connectivity index (χ0v) is 7.49. The van der Waals surface area contributed by atoms with E-state index in [1.54, 1.807) is 0 Å². The molecule has 2 saturated heterocycles. The van der Waals surface area contributed by atoms with E-state index in [9.17, 15) is 4.79 Å². The predicted molar refractivity (Wildman–Crippen MR) is 46.4 cm³/mol. The number of fused-ring (bicyclic) bond motifs is 2. The second-order valence-electron chi connectivity index (χ2n) is 4.25. The summed E-state index contributed by atoms with van der Waals surface area (Å²) in [5, 5.41) is 0. The molecule has 1 aliphatic carbocycles. The Morgan fingerprint density at radius 3 is 2.83 bits per heavy atom. The zero-order valence-electron chi connectivity index (χ0n) is 7.49. The van der Waals surface area contributed by atoms with Crippen molar-refractivity contribution in [1.82, 2.24) is 4.90 Å². The second kappa shape index (κ2) is 2.73. The number of nitrogens with zero attached hydrogens (tertiary/aromatic N) is 1. The highest BCUT2D eigenvalue weighted by molar-refractivity contribution is 5.81. The van der Waals surface area contributed by atoms with Crippen molar-refractivity contribution >= 4 is 5.91 Å². The van der Waals surface area contributed by atoms with Crippen molar-refractivity contribution in [1.29, 1.82) is 0 Å². The van der Waals surface area contributed by atoms with Crippen LogP contribution in [0.5, 0.6) is 0 Å². The molecule has 1 atom stereocenters. The summed E-state index contributed by atoms with van der Waals surface area (Å²) in [6.45, 7) is 3.65. The summed E-state index contributed by atoms with van der Waals surface area (Å²) >= 11 is 0. The summed E-state index contributed by atoms with van der Waals surface area (Å²) in [6.07, 6.45) is 2.27. The molecule has 3 aliphatic rings. The number of rotatable bonds is 2. The van der Waals surface area contributed by atoms with E-state index in [4.69, 9.17) is 5.73 Å². The number of nitrogens with two attached hydrogens (primary N) is 1. The van der Waals surface area contributed by atoms with E-state index < -0.39 is 0 Å². The van der Waals surface area contributed by atoms with Gasteiger partial charge in [0.05, 0.1) is 0 Å². The molecule has 68 valence electrons. The number of hydrogen-bond donors (Lipinski definition) is 1. The molecule has 2 N–H and O–H groups in total. The lowest BCUT2D eigenvalue weighted by atomic mass is 9.70. The van der Waals surface area contributed by atoms with Crippen LogP contribution in [0.3, 0.4) is 0 Å². The maximum Gasteiger partial charge on any atom is 0.225 e. The zero-order chi connectivity index (χ0) is 8.72. The van der Waals surface area contributed by atoms with Gasteiger partial charge >= 0.3 is 0 Å². The summed E-state index contributed by atoms with van der Waals surface area (Å²) in [6, 6.07) is 0.117. The quantitative estimate of drug-likeness (QED) is 0.640. The van der Waals surface area contributed by atoms with Crippen LogP contribution in [0.2, 0.25) is 0 Å². The molecule has 1 unspecified atom stereocenters. The average Bonchev–Trinajstić information content (AvgIpc) is 1.89. The molecule has 12 heavy (non-hydrogen) atoms. The molecule has 0 radical (unpaired) electrons. The maximum atomic E-state index is 11.6. The number of amides is 1. The van der Waals surface area contributed by atoms with Crippen molar-refractivity contribution in [3.8, 4) is 0 Å². The monoisotopic (exact) mass is 168 g/mol. The standard InChI is InChI=1S/C9H16N2O/c1-6(10)4-11-5-7-2-8(3-7)9(11)12/h6-8H,2-5,10H2,1H3. The maximum absolute atomic E-state index is 11.6. The van der Waals surface area contributed by atoms with Gasteiger partial charge in [-0.1, -0.05) is 0 Å². The van der Waals surface area contributed by atoms with E-state index in [0.717, 1.165) is 31.8 Å². The van der Waals surface area contributed by atoms with Crippen LogP contribution in [0.1, 0.15) is 19.8 Å². The Labute approximate surface area is 72.9 Å². The summed E-state index contributed by atoms with van der Waals surface area (Å²) in [4.78, 5) is 13.5. The summed E-state index contributed by atoms with van der Waals surface area (Å²) in [5.74, 6) is 1.48. The molecule has 0 aromatic carbocycles. The minimum absolute atomic E-state index is 0.117. The predicted octanol–water partition coefficient (Wildman–Crippen LogP) is 0.202. The van der Waals surface area contributed by atoms with Crippen molar-refractivity contribution in [2.45, 2.75) is 25.8 Å². The van der Waals surface area contributed by atoms with Crippen molar-refractivity contribution in [2.75, 3.05) is 13.1 Å². The van der Waals surface area contributed by atoms with E-state index in [1.165, 1.54) is 0 Å². The molecule has 3 heteroatoms. The van der Waals surface area contributed by atoms with Gasteiger partial charge in [0.15, 0.2) is 0 Å². The molecule has 2 heterocycles. The summed E-state index contributed by atoms with van der Waals surface area (Å²) in [7, 11) is 0. The van der Waals surface area contributed by atoms with Gasteiger partial charge in [0.1, 0.15) is 0 Å². The molecule has 0 aromatic rings. The molecule has 3 fully saturated rings. The van der Waals surface area contributed by atoms with Gasteiger partial charge < -0.3 is 10.6 Å². The number of hydrogen-bond acceptors (Lipinski definition) is 2. The van der Waals surface area contributed by atoms with Crippen LogP contribution in [0, 0.1) is 11.8 Å². The van der Waals surface area contributed by atoms with Crippen molar-refractivity contribution in [3.05, 3.63) is 0 Å². The van der Waals surface area contributed by atoms with Crippen LogP contribution < -0.4 is 5.73 Å². The first-order valence-electron chi connectivity index (χ1n) is 4.71. The van der Waals surface area contributed by atoms with Crippen LogP contribution in [0.4, 0.5) is 0 Å². The Bertz CT molecular complexity index is 195. The van der Waals surface area contributed by atoms with Crippen LogP contribution >= 0.6 is 0 Å². The Balaban J connectivity index is 1.94. The molecular weight excluding hydrogens is 152 g/mol. The summed E-state index contributed by atoms with van der Waals surface area (Å²) < 4.78 is 0. The first-order chi connectivity index (χ1) is 5.66.